The average Bonchev–Trinajstić information content (AvgIpc) is 2.92. The van der Waals surface area contributed by atoms with E-state index >= 15 is 0 Å². The lowest BCUT2D eigenvalue weighted by atomic mass is 10.3. The lowest BCUT2D eigenvalue weighted by molar-refractivity contribution is 0.879. The monoisotopic (exact) mass is 244 g/mol. The van der Waals surface area contributed by atoms with Crippen molar-refractivity contribution in [2.45, 2.75) is 6.42 Å². The zero-order valence-electron chi connectivity index (χ0n) is 9.93. The number of hydrogen-bond donors (Lipinski definition) is 4. The van der Waals surface area contributed by atoms with Crippen LogP contribution in [0.5, 0.6) is 0 Å². The molecule has 2 aromatic rings. The maximum absolute atomic E-state index is 5.41. The Balaban J connectivity index is 1.88. The van der Waals surface area contributed by atoms with E-state index in [4.69, 9.17) is 5.84 Å². The van der Waals surface area contributed by atoms with Gasteiger partial charge in [-0.3, -0.25) is 10.4 Å². The molecule has 0 bridgehead atoms. The molecular formula is C12H16N6. The van der Waals surface area contributed by atoms with Crippen molar-refractivity contribution < 1.29 is 0 Å². The molecule has 0 aliphatic carbocycles. The van der Waals surface area contributed by atoms with Crippen LogP contribution in [0.15, 0.2) is 47.7 Å². The van der Waals surface area contributed by atoms with Crippen LogP contribution < -0.4 is 16.6 Å². The van der Waals surface area contributed by atoms with Crippen molar-refractivity contribution in [1.82, 2.24) is 15.4 Å². The summed E-state index contributed by atoms with van der Waals surface area (Å²) in [4.78, 5) is 11.5. The van der Waals surface area contributed by atoms with E-state index in [9.17, 15) is 0 Å². The van der Waals surface area contributed by atoms with Gasteiger partial charge in [0.05, 0.1) is 0 Å². The number of guanidine groups is 1. The number of para-hydroxylation sites is 1. The van der Waals surface area contributed by atoms with Crippen molar-refractivity contribution in [3.05, 3.63) is 48.5 Å². The second-order valence-electron chi connectivity index (χ2n) is 3.65. The van der Waals surface area contributed by atoms with Crippen molar-refractivity contribution >= 4 is 11.6 Å². The zero-order valence-corrected chi connectivity index (χ0v) is 9.93. The topological polar surface area (TPSA) is 91.1 Å². The van der Waals surface area contributed by atoms with E-state index in [2.05, 4.69) is 25.7 Å². The van der Waals surface area contributed by atoms with Crippen LogP contribution in [0.2, 0.25) is 0 Å². The highest BCUT2D eigenvalue weighted by Gasteiger charge is 1.98. The van der Waals surface area contributed by atoms with Gasteiger partial charge in [-0.2, -0.15) is 0 Å². The van der Waals surface area contributed by atoms with Crippen LogP contribution in [-0.4, -0.2) is 22.5 Å². The first-order valence-corrected chi connectivity index (χ1v) is 5.70. The Hall–Kier alpha value is -2.34. The molecule has 18 heavy (non-hydrogen) atoms. The molecule has 94 valence electrons. The fourth-order valence-corrected chi connectivity index (χ4v) is 1.49. The number of anilines is 1. The normalized spacial score (nSPS) is 11.3. The largest absolute Gasteiger partial charge is 0.349 e. The van der Waals surface area contributed by atoms with Gasteiger partial charge in [0.25, 0.3) is 0 Å². The van der Waals surface area contributed by atoms with Gasteiger partial charge in [-0.15, -0.1) is 0 Å². The van der Waals surface area contributed by atoms with Crippen LogP contribution in [0.3, 0.4) is 0 Å². The Kier molecular flexibility index (Phi) is 4.32. The van der Waals surface area contributed by atoms with E-state index in [1.807, 2.05) is 30.3 Å². The van der Waals surface area contributed by atoms with Crippen molar-refractivity contribution in [1.29, 1.82) is 0 Å². The number of nitrogens with two attached hydrogens (primary N) is 1. The molecule has 0 aliphatic heterocycles. The molecule has 2 rings (SSSR count). The zero-order chi connectivity index (χ0) is 12.6. The predicted molar refractivity (Wildman–Crippen MR) is 72.0 cm³/mol. The van der Waals surface area contributed by atoms with Gasteiger partial charge in [0.2, 0.25) is 5.96 Å². The molecule has 6 heteroatoms. The van der Waals surface area contributed by atoms with E-state index in [-0.39, 0.29) is 0 Å². The van der Waals surface area contributed by atoms with E-state index in [1.165, 1.54) is 0 Å². The third kappa shape index (κ3) is 3.60. The molecule has 1 heterocycles. The number of hydrazine groups is 1. The minimum absolute atomic E-state index is 0.535. The summed E-state index contributed by atoms with van der Waals surface area (Å²) in [5.74, 6) is 6.86. The maximum Gasteiger partial charge on any atom is 0.210 e. The van der Waals surface area contributed by atoms with E-state index in [1.54, 1.807) is 12.4 Å². The highest BCUT2D eigenvalue weighted by atomic mass is 15.3. The Morgan fingerprint density at radius 1 is 1.33 bits per heavy atom. The van der Waals surface area contributed by atoms with Gasteiger partial charge in [-0.1, -0.05) is 18.2 Å². The molecule has 0 aliphatic rings. The Labute approximate surface area is 105 Å². The van der Waals surface area contributed by atoms with Crippen LogP contribution in [0.1, 0.15) is 5.82 Å². The number of H-pyrrole nitrogens is 1. The van der Waals surface area contributed by atoms with Gasteiger partial charge in [0.15, 0.2) is 0 Å². The first kappa shape index (κ1) is 12.1. The number of imidazole rings is 1. The predicted octanol–water partition coefficient (Wildman–Crippen LogP) is 0.884. The number of benzene rings is 1. The number of rotatable bonds is 4. The Bertz CT molecular complexity index is 477. The van der Waals surface area contributed by atoms with Crippen molar-refractivity contribution in [2.24, 2.45) is 10.8 Å². The van der Waals surface area contributed by atoms with Crippen molar-refractivity contribution in [3.8, 4) is 0 Å². The van der Waals surface area contributed by atoms with Crippen LogP contribution >= 0.6 is 0 Å². The van der Waals surface area contributed by atoms with Crippen molar-refractivity contribution in [3.63, 3.8) is 0 Å². The van der Waals surface area contributed by atoms with Crippen LogP contribution in [0.4, 0.5) is 5.69 Å². The molecule has 0 saturated heterocycles. The summed E-state index contributed by atoms with van der Waals surface area (Å²) in [5, 5.41) is 3.09. The fourth-order valence-electron chi connectivity index (χ4n) is 1.49. The van der Waals surface area contributed by atoms with Crippen LogP contribution in [0.25, 0.3) is 0 Å². The number of aliphatic imine (C=N–C) groups is 1. The second kappa shape index (κ2) is 6.41. The second-order valence-corrected chi connectivity index (χ2v) is 3.65. The molecule has 6 nitrogen and oxygen atoms in total. The number of hydrogen-bond acceptors (Lipinski definition) is 3. The molecule has 1 aromatic heterocycles. The lowest BCUT2D eigenvalue weighted by Crippen LogP contribution is -2.36. The fraction of sp³-hybridized carbons (Fsp3) is 0.167. The summed E-state index contributed by atoms with van der Waals surface area (Å²) in [5.41, 5.74) is 3.48. The summed E-state index contributed by atoms with van der Waals surface area (Å²) < 4.78 is 0. The SMILES string of the molecule is NNC(=NCCc1ncc[nH]1)Nc1ccccc1. The molecule has 0 saturated carbocycles. The molecule has 0 amide bonds. The third-order valence-corrected chi connectivity index (χ3v) is 2.35. The minimum Gasteiger partial charge on any atom is -0.349 e. The van der Waals surface area contributed by atoms with E-state index < -0.39 is 0 Å². The van der Waals surface area contributed by atoms with Crippen LogP contribution in [0, 0.1) is 0 Å². The van der Waals surface area contributed by atoms with E-state index in [0.717, 1.165) is 17.9 Å². The van der Waals surface area contributed by atoms with Gasteiger partial charge in [0, 0.05) is 31.0 Å². The van der Waals surface area contributed by atoms with Gasteiger partial charge >= 0.3 is 0 Å². The number of nitrogens with one attached hydrogen (secondary N) is 3. The third-order valence-electron chi connectivity index (χ3n) is 2.35. The maximum atomic E-state index is 5.41. The van der Waals surface area contributed by atoms with Gasteiger partial charge < -0.3 is 10.3 Å². The average molecular weight is 244 g/mol. The van der Waals surface area contributed by atoms with E-state index in [0.29, 0.717) is 12.5 Å². The number of nitrogens with zero attached hydrogens (tertiary/aromatic N) is 2. The van der Waals surface area contributed by atoms with Crippen molar-refractivity contribution in [2.75, 3.05) is 11.9 Å². The highest BCUT2D eigenvalue weighted by Crippen LogP contribution is 2.04. The minimum atomic E-state index is 0.535. The van der Waals surface area contributed by atoms with Gasteiger partial charge in [-0.25, -0.2) is 10.8 Å². The number of aromatic nitrogens is 2. The molecule has 0 fully saturated rings. The van der Waals surface area contributed by atoms with Gasteiger partial charge in [-0.05, 0) is 12.1 Å². The number of aromatic amines is 1. The lowest BCUT2D eigenvalue weighted by Gasteiger charge is -2.08. The summed E-state index contributed by atoms with van der Waals surface area (Å²) in [6.07, 6.45) is 4.27. The Morgan fingerprint density at radius 2 is 2.17 bits per heavy atom. The Morgan fingerprint density at radius 3 is 2.83 bits per heavy atom. The summed E-state index contributed by atoms with van der Waals surface area (Å²) in [6, 6.07) is 9.73. The highest BCUT2D eigenvalue weighted by molar-refractivity contribution is 5.93. The summed E-state index contributed by atoms with van der Waals surface area (Å²) >= 11 is 0. The molecule has 0 unspecified atom stereocenters. The molecule has 5 N–H and O–H groups in total. The first-order valence-electron chi connectivity index (χ1n) is 5.70. The smallest absolute Gasteiger partial charge is 0.210 e. The quantitative estimate of drug-likeness (QED) is 0.278. The van der Waals surface area contributed by atoms with Gasteiger partial charge in [0.1, 0.15) is 5.82 Å². The summed E-state index contributed by atoms with van der Waals surface area (Å²) in [7, 11) is 0. The summed E-state index contributed by atoms with van der Waals surface area (Å²) in [6.45, 7) is 0.604. The first-order chi connectivity index (χ1) is 8.88. The molecule has 0 atom stereocenters. The molecule has 0 radical (unpaired) electrons. The standard InChI is InChI=1S/C12H16N6/c13-18-12(17-10-4-2-1-3-5-10)16-7-6-11-14-8-9-15-11/h1-5,8-9H,6-7,13H2,(H,14,15)(H2,16,17,18). The van der Waals surface area contributed by atoms with Crippen LogP contribution in [-0.2, 0) is 6.42 Å². The molecule has 1 aromatic carbocycles. The molecule has 0 spiro atoms. The molecular weight excluding hydrogens is 228 g/mol.